The lowest BCUT2D eigenvalue weighted by atomic mass is 9.94. The summed E-state index contributed by atoms with van der Waals surface area (Å²) >= 11 is 1.45. The molecule has 102 valence electrons. The number of rotatable bonds is 3. The van der Waals surface area contributed by atoms with E-state index in [1.54, 1.807) is 0 Å². The molecule has 1 unspecified atom stereocenters. The molecule has 2 N–H and O–H groups in total. The molecule has 0 radical (unpaired) electrons. The minimum absolute atomic E-state index is 0.708. The average Bonchev–Trinajstić information content (AvgIpc) is 2.99. The van der Waals surface area contributed by atoms with Gasteiger partial charge in [0, 0.05) is 17.9 Å². The molecule has 0 bridgehead atoms. The van der Waals surface area contributed by atoms with Crippen LogP contribution in [-0.2, 0) is 9.67 Å². The van der Waals surface area contributed by atoms with Crippen molar-refractivity contribution in [3.05, 3.63) is 60.2 Å². The van der Waals surface area contributed by atoms with Crippen LogP contribution in [0.4, 0.5) is 0 Å². The average molecular weight is 285 g/mol. The first-order valence-electron chi connectivity index (χ1n) is 6.51. The van der Waals surface area contributed by atoms with E-state index in [0.717, 1.165) is 22.4 Å². The second-order valence-corrected chi connectivity index (χ2v) is 5.98. The SMILES string of the molecule is O=C(O)C1(c2ccccc2-c2ccccc2)NCCS1. The normalized spacial score (nSPS) is 21.8. The van der Waals surface area contributed by atoms with Gasteiger partial charge in [-0.15, -0.1) is 11.8 Å². The highest BCUT2D eigenvalue weighted by Crippen LogP contribution is 2.42. The largest absolute Gasteiger partial charge is 0.479 e. The van der Waals surface area contributed by atoms with Gasteiger partial charge in [-0.25, -0.2) is 4.79 Å². The Hall–Kier alpha value is -1.78. The van der Waals surface area contributed by atoms with Gasteiger partial charge in [0.15, 0.2) is 4.87 Å². The number of thioether (sulfide) groups is 1. The van der Waals surface area contributed by atoms with Gasteiger partial charge >= 0.3 is 5.97 Å². The van der Waals surface area contributed by atoms with Crippen molar-refractivity contribution in [3.8, 4) is 11.1 Å². The highest BCUT2D eigenvalue weighted by molar-refractivity contribution is 8.01. The third-order valence-electron chi connectivity index (χ3n) is 3.49. The molecule has 1 saturated heterocycles. The fraction of sp³-hybridized carbons (Fsp3) is 0.188. The van der Waals surface area contributed by atoms with E-state index in [9.17, 15) is 9.90 Å². The maximum atomic E-state index is 11.8. The molecule has 1 atom stereocenters. The van der Waals surface area contributed by atoms with Gasteiger partial charge in [0.05, 0.1) is 0 Å². The topological polar surface area (TPSA) is 49.3 Å². The summed E-state index contributed by atoms with van der Waals surface area (Å²) in [6.07, 6.45) is 0. The summed E-state index contributed by atoms with van der Waals surface area (Å²) in [5, 5.41) is 12.9. The Morgan fingerprint density at radius 1 is 1.10 bits per heavy atom. The van der Waals surface area contributed by atoms with Crippen LogP contribution in [0.3, 0.4) is 0 Å². The predicted molar refractivity (Wildman–Crippen MR) is 81.7 cm³/mol. The second-order valence-electron chi connectivity index (χ2n) is 4.67. The minimum Gasteiger partial charge on any atom is -0.479 e. The van der Waals surface area contributed by atoms with Gasteiger partial charge in [-0.05, 0) is 11.1 Å². The van der Waals surface area contributed by atoms with Gasteiger partial charge in [0.1, 0.15) is 0 Å². The van der Waals surface area contributed by atoms with E-state index in [4.69, 9.17) is 0 Å². The third kappa shape index (κ3) is 2.11. The van der Waals surface area contributed by atoms with Crippen molar-refractivity contribution < 1.29 is 9.90 Å². The van der Waals surface area contributed by atoms with Crippen molar-refractivity contribution >= 4 is 17.7 Å². The standard InChI is InChI=1S/C16H15NO2S/c18-15(19)16(17-10-11-20-16)14-9-5-4-8-13(14)12-6-2-1-3-7-12/h1-9,17H,10-11H2,(H,18,19). The summed E-state index contributed by atoms with van der Waals surface area (Å²) in [5.74, 6) is -0.0292. The molecule has 1 aliphatic heterocycles. The third-order valence-corrected chi connectivity index (χ3v) is 4.87. The predicted octanol–water partition coefficient (Wildman–Crippen LogP) is 2.93. The number of carboxylic acid groups (broad SMARTS) is 1. The Labute approximate surface area is 122 Å². The molecule has 20 heavy (non-hydrogen) atoms. The number of nitrogens with one attached hydrogen (secondary N) is 1. The molecule has 1 heterocycles. The zero-order chi connectivity index (χ0) is 14.0. The summed E-state index contributed by atoms with van der Waals surface area (Å²) in [6.45, 7) is 0.708. The fourth-order valence-corrected chi connectivity index (χ4v) is 3.74. The first kappa shape index (κ1) is 13.2. The molecule has 3 nitrogen and oxygen atoms in total. The molecular weight excluding hydrogens is 270 g/mol. The minimum atomic E-state index is -1.04. The monoisotopic (exact) mass is 285 g/mol. The van der Waals surface area contributed by atoms with Crippen LogP contribution in [0.2, 0.25) is 0 Å². The highest BCUT2D eigenvalue weighted by atomic mass is 32.2. The van der Waals surface area contributed by atoms with Gasteiger partial charge in [0.25, 0.3) is 0 Å². The molecule has 4 heteroatoms. The van der Waals surface area contributed by atoms with E-state index in [1.807, 2.05) is 54.6 Å². The molecule has 0 spiro atoms. The lowest BCUT2D eigenvalue weighted by Gasteiger charge is -2.26. The zero-order valence-electron chi connectivity index (χ0n) is 10.9. The van der Waals surface area contributed by atoms with Gasteiger partial charge in [-0.1, -0.05) is 54.6 Å². The van der Waals surface area contributed by atoms with Crippen LogP contribution in [0.25, 0.3) is 11.1 Å². The molecule has 2 aromatic rings. The molecule has 0 aliphatic carbocycles. The van der Waals surface area contributed by atoms with Crippen LogP contribution in [0.5, 0.6) is 0 Å². The van der Waals surface area contributed by atoms with E-state index in [0.29, 0.717) is 6.54 Å². The smallest absolute Gasteiger partial charge is 0.339 e. The van der Waals surface area contributed by atoms with Crippen LogP contribution in [0, 0.1) is 0 Å². The number of hydrogen-bond acceptors (Lipinski definition) is 3. The van der Waals surface area contributed by atoms with Crippen LogP contribution in [-0.4, -0.2) is 23.4 Å². The molecule has 1 fully saturated rings. The number of carbonyl (C=O) groups is 1. The highest BCUT2D eigenvalue weighted by Gasteiger charge is 2.45. The van der Waals surface area contributed by atoms with Gasteiger partial charge in [-0.3, -0.25) is 5.32 Å². The summed E-state index contributed by atoms with van der Waals surface area (Å²) in [4.78, 5) is 10.8. The second kappa shape index (κ2) is 5.31. The maximum absolute atomic E-state index is 11.8. The van der Waals surface area contributed by atoms with Crippen molar-refractivity contribution in [1.29, 1.82) is 0 Å². The summed E-state index contributed by atoms with van der Waals surface area (Å²) < 4.78 is 0. The van der Waals surface area contributed by atoms with Gasteiger partial charge in [-0.2, -0.15) is 0 Å². The maximum Gasteiger partial charge on any atom is 0.339 e. The van der Waals surface area contributed by atoms with Crippen molar-refractivity contribution in [2.75, 3.05) is 12.3 Å². The van der Waals surface area contributed by atoms with Crippen LogP contribution < -0.4 is 5.32 Å². The quantitative estimate of drug-likeness (QED) is 0.910. The van der Waals surface area contributed by atoms with E-state index < -0.39 is 10.8 Å². The molecule has 0 amide bonds. The number of benzene rings is 2. The lowest BCUT2D eigenvalue weighted by molar-refractivity contribution is -0.140. The van der Waals surface area contributed by atoms with E-state index in [1.165, 1.54) is 11.8 Å². The molecular formula is C16H15NO2S. The number of aliphatic carboxylic acids is 1. The molecule has 1 aliphatic rings. The zero-order valence-corrected chi connectivity index (χ0v) is 11.7. The fourth-order valence-electron chi connectivity index (χ4n) is 2.57. The van der Waals surface area contributed by atoms with Crippen LogP contribution >= 0.6 is 11.8 Å². The van der Waals surface area contributed by atoms with Crippen molar-refractivity contribution in [3.63, 3.8) is 0 Å². The molecule has 0 aromatic heterocycles. The first-order chi connectivity index (χ1) is 9.74. The summed E-state index contributed by atoms with van der Waals surface area (Å²) in [7, 11) is 0. The molecule has 0 saturated carbocycles. The first-order valence-corrected chi connectivity index (χ1v) is 7.50. The van der Waals surface area contributed by atoms with Crippen molar-refractivity contribution in [2.24, 2.45) is 0 Å². The van der Waals surface area contributed by atoms with E-state index in [2.05, 4.69) is 5.32 Å². The summed E-state index contributed by atoms with van der Waals surface area (Å²) in [6, 6.07) is 17.6. The Morgan fingerprint density at radius 3 is 2.45 bits per heavy atom. The summed E-state index contributed by atoms with van der Waals surface area (Å²) in [5.41, 5.74) is 2.83. The van der Waals surface area contributed by atoms with Crippen LogP contribution in [0.1, 0.15) is 5.56 Å². The van der Waals surface area contributed by atoms with Gasteiger partial charge in [0.2, 0.25) is 0 Å². The van der Waals surface area contributed by atoms with E-state index >= 15 is 0 Å². The Balaban J connectivity index is 2.17. The van der Waals surface area contributed by atoms with Crippen LogP contribution in [0.15, 0.2) is 54.6 Å². The number of hydrogen-bond donors (Lipinski definition) is 2. The molecule has 2 aromatic carbocycles. The lowest BCUT2D eigenvalue weighted by Crippen LogP contribution is -2.42. The van der Waals surface area contributed by atoms with Crippen molar-refractivity contribution in [1.82, 2.24) is 5.32 Å². The Kier molecular flexibility index (Phi) is 3.51. The Morgan fingerprint density at radius 2 is 1.80 bits per heavy atom. The Bertz CT molecular complexity index is 621. The van der Waals surface area contributed by atoms with E-state index in [-0.39, 0.29) is 0 Å². The number of carboxylic acids is 1. The van der Waals surface area contributed by atoms with Gasteiger partial charge < -0.3 is 5.11 Å². The molecule has 3 rings (SSSR count). The van der Waals surface area contributed by atoms with Crippen molar-refractivity contribution in [2.45, 2.75) is 4.87 Å².